The van der Waals surface area contributed by atoms with Crippen molar-refractivity contribution < 1.29 is 35.3 Å². The summed E-state index contributed by atoms with van der Waals surface area (Å²) < 4.78 is 20.9. The molecule has 0 bridgehead atoms. The van der Waals surface area contributed by atoms with E-state index in [0.29, 0.717) is 0 Å². The number of aliphatic hydroxyl groups is 2. The summed E-state index contributed by atoms with van der Waals surface area (Å²) in [6, 6.07) is 0. The van der Waals surface area contributed by atoms with E-state index in [-0.39, 0.29) is 0 Å². The summed E-state index contributed by atoms with van der Waals surface area (Å²) in [5.74, 6) is -1.06. The lowest BCUT2D eigenvalue weighted by atomic mass is 10.1. The Kier molecular flexibility index (Phi) is 3.98. The van der Waals surface area contributed by atoms with Crippen LogP contribution in [0.1, 0.15) is 8.29 Å². The molecule has 8 heteroatoms. The van der Waals surface area contributed by atoms with Gasteiger partial charge in [0.1, 0.15) is 12.2 Å². The highest BCUT2D eigenvalue weighted by Gasteiger charge is 2.24. The van der Waals surface area contributed by atoms with Crippen molar-refractivity contribution in [1.82, 2.24) is 0 Å². The van der Waals surface area contributed by atoms with Crippen molar-refractivity contribution in [2.24, 2.45) is 0 Å². The van der Waals surface area contributed by atoms with Gasteiger partial charge in [-0.2, -0.15) is 0 Å². The summed E-state index contributed by atoms with van der Waals surface area (Å²) in [5.41, 5.74) is 0. The monoisotopic (exact) mass is 215 g/mol. The van der Waals surface area contributed by atoms with Gasteiger partial charge in [0.15, 0.2) is 5.78 Å². The van der Waals surface area contributed by atoms with Crippen LogP contribution in [0.5, 0.6) is 0 Å². The molecule has 0 fully saturated rings. The topological polar surface area (TPSA) is 124 Å². The molecule has 0 saturated heterocycles. The fraction of sp³-hybridized carbons (Fsp3) is 0.800. The van der Waals surface area contributed by atoms with Crippen LogP contribution in [0.15, 0.2) is 0 Å². The minimum absolute atomic E-state index is 0.855. The summed E-state index contributed by atoms with van der Waals surface area (Å²) in [7, 11) is -4.79. The Morgan fingerprint density at radius 1 is 1.62 bits per heavy atom. The predicted molar refractivity (Wildman–Crippen MR) is 40.7 cm³/mol. The summed E-state index contributed by atoms with van der Waals surface area (Å²) in [6.07, 6.45) is -4.84. The average Bonchev–Trinajstić information content (AvgIpc) is 1.98. The minimum Gasteiger partial charge on any atom is -0.388 e. The maximum absolute atomic E-state index is 10.6. The van der Waals surface area contributed by atoms with E-state index in [2.05, 4.69) is 4.52 Å². The second-order valence-corrected chi connectivity index (χ2v) is 3.48. The van der Waals surface area contributed by atoms with Gasteiger partial charge in [-0.3, -0.25) is 9.32 Å². The Hall–Kier alpha value is -0.300. The molecule has 78 valence electrons. The van der Waals surface area contributed by atoms with Crippen LogP contribution >= 0.6 is 7.82 Å². The van der Waals surface area contributed by atoms with Gasteiger partial charge in [0, 0.05) is 0 Å². The zero-order valence-corrected chi connectivity index (χ0v) is 7.64. The molecule has 7 nitrogen and oxygen atoms in total. The average molecular weight is 215 g/mol. The molecule has 0 aromatic heterocycles. The van der Waals surface area contributed by atoms with Gasteiger partial charge in [0.25, 0.3) is 0 Å². The number of ketones is 1. The van der Waals surface area contributed by atoms with Crippen molar-refractivity contribution >= 4 is 13.6 Å². The van der Waals surface area contributed by atoms with Crippen LogP contribution in [-0.4, -0.2) is 44.6 Å². The number of phosphoric ester groups is 1. The molecule has 0 aromatic carbocycles. The number of carbonyl (C=O) groups excluding carboxylic acids is 1. The number of rotatable bonds is 5. The Labute approximate surface area is 75.6 Å². The molecule has 2 atom stereocenters. The maximum Gasteiger partial charge on any atom is 0.469 e. The number of aliphatic hydroxyl groups excluding tert-OH is 1. The standard InChI is InChI=1S/C5H11O7P/c1-3(6)5(8)4(7)2-12-13(9,10)11/h4-5,7-8H,2H2,1H3,(H2,9,10,11)/t4-,5-/m1/s1/i5D. The third kappa shape index (κ3) is 5.87. The molecule has 0 spiro atoms. The summed E-state index contributed by atoms with van der Waals surface area (Å²) in [6.45, 7) is -0.155. The van der Waals surface area contributed by atoms with Gasteiger partial charge in [-0.1, -0.05) is 0 Å². The lowest BCUT2D eigenvalue weighted by Crippen LogP contribution is -2.35. The Bertz CT molecular complexity index is 259. The summed E-state index contributed by atoms with van der Waals surface area (Å²) in [4.78, 5) is 27.0. The number of phosphoric acid groups is 1. The number of hydrogen-bond acceptors (Lipinski definition) is 5. The molecule has 0 aliphatic rings. The molecular formula is C5H11O7P. The van der Waals surface area contributed by atoms with E-state index >= 15 is 0 Å². The van der Waals surface area contributed by atoms with E-state index in [9.17, 15) is 9.36 Å². The quantitative estimate of drug-likeness (QED) is 0.407. The minimum atomic E-state index is -4.79. The van der Waals surface area contributed by atoms with Crippen LogP contribution in [0, 0.1) is 0 Å². The van der Waals surface area contributed by atoms with Gasteiger partial charge >= 0.3 is 7.82 Å². The van der Waals surface area contributed by atoms with Gasteiger partial charge < -0.3 is 20.0 Å². The first-order valence-corrected chi connectivity index (χ1v) is 4.72. The third-order valence-electron chi connectivity index (χ3n) is 1.08. The second-order valence-electron chi connectivity index (χ2n) is 2.24. The molecule has 0 rings (SSSR count). The molecule has 0 heterocycles. The molecule has 0 amide bonds. The van der Waals surface area contributed by atoms with E-state index < -0.39 is 32.4 Å². The highest BCUT2D eigenvalue weighted by molar-refractivity contribution is 7.46. The lowest BCUT2D eigenvalue weighted by Gasteiger charge is -2.15. The number of carbonyl (C=O) groups is 1. The van der Waals surface area contributed by atoms with Crippen LogP contribution in [0.4, 0.5) is 0 Å². The van der Waals surface area contributed by atoms with Crippen molar-refractivity contribution in [3.8, 4) is 0 Å². The molecule has 13 heavy (non-hydrogen) atoms. The fourth-order valence-corrected chi connectivity index (χ4v) is 0.817. The van der Waals surface area contributed by atoms with Crippen molar-refractivity contribution in [3.05, 3.63) is 0 Å². The Morgan fingerprint density at radius 3 is 2.38 bits per heavy atom. The summed E-state index contributed by atoms with van der Waals surface area (Å²) >= 11 is 0. The molecule has 0 aromatic rings. The Morgan fingerprint density at radius 2 is 2.08 bits per heavy atom. The van der Waals surface area contributed by atoms with E-state index in [1.54, 1.807) is 0 Å². The van der Waals surface area contributed by atoms with E-state index in [1.807, 2.05) is 0 Å². The highest BCUT2D eigenvalue weighted by Crippen LogP contribution is 2.35. The molecule has 4 N–H and O–H groups in total. The van der Waals surface area contributed by atoms with Gasteiger partial charge in [0.05, 0.1) is 7.98 Å². The van der Waals surface area contributed by atoms with Crippen molar-refractivity contribution in [2.45, 2.75) is 19.1 Å². The van der Waals surface area contributed by atoms with Gasteiger partial charge in [0.2, 0.25) is 0 Å². The first kappa shape index (κ1) is 10.8. The van der Waals surface area contributed by atoms with Gasteiger partial charge in [-0.25, -0.2) is 4.57 Å². The van der Waals surface area contributed by atoms with Crippen LogP contribution in [-0.2, 0) is 13.9 Å². The van der Waals surface area contributed by atoms with E-state index in [0.717, 1.165) is 6.92 Å². The second kappa shape index (κ2) is 4.80. The molecular weight excluding hydrogens is 203 g/mol. The third-order valence-corrected chi connectivity index (χ3v) is 1.56. The summed E-state index contributed by atoms with van der Waals surface area (Å²) in [5, 5.41) is 18.0. The van der Waals surface area contributed by atoms with E-state index in [1.165, 1.54) is 0 Å². The van der Waals surface area contributed by atoms with Crippen LogP contribution < -0.4 is 0 Å². The predicted octanol–water partition coefficient (Wildman–Crippen LogP) is -1.59. The lowest BCUT2D eigenvalue weighted by molar-refractivity contribution is -0.132. The normalized spacial score (nSPS) is 20.2. The first-order valence-electron chi connectivity index (χ1n) is 3.69. The van der Waals surface area contributed by atoms with Crippen molar-refractivity contribution in [1.29, 1.82) is 0 Å². The largest absolute Gasteiger partial charge is 0.469 e. The highest BCUT2D eigenvalue weighted by atomic mass is 31.2. The van der Waals surface area contributed by atoms with E-state index in [4.69, 9.17) is 21.4 Å². The van der Waals surface area contributed by atoms with Gasteiger partial charge in [-0.05, 0) is 6.92 Å². The SMILES string of the molecule is [2H][C@@](O)(C(C)=O)[C@H](O)COP(=O)(O)O. The molecule has 0 saturated carbocycles. The zero-order chi connectivity index (χ0) is 11.6. The maximum atomic E-state index is 10.6. The smallest absolute Gasteiger partial charge is 0.388 e. The number of Topliss-reactive ketones (excluding diaryl/α,β-unsaturated/α-hetero) is 1. The van der Waals surface area contributed by atoms with Crippen molar-refractivity contribution in [3.63, 3.8) is 0 Å². The first-order chi connectivity index (χ1) is 6.07. The Balaban J connectivity index is 4.29. The molecule has 0 aliphatic carbocycles. The van der Waals surface area contributed by atoms with Crippen LogP contribution in [0.3, 0.4) is 0 Å². The molecule has 0 aliphatic heterocycles. The van der Waals surface area contributed by atoms with Crippen LogP contribution in [0.25, 0.3) is 0 Å². The fourth-order valence-electron chi connectivity index (χ4n) is 0.481. The van der Waals surface area contributed by atoms with Gasteiger partial charge in [-0.15, -0.1) is 0 Å². The zero-order valence-electron chi connectivity index (χ0n) is 7.75. The number of hydrogen-bond donors (Lipinski definition) is 4. The van der Waals surface area contributed by atoms with Crippen molar-refractivity contribution in [2.75, 3.05) is 6.61 Å². The molecule has 0 unspecified atom stereocenters. The molecule has 0 radical (unpaired) electrons. The van der Waals surface area contributed by atoms with Crippen LogP contribution in [0.2, 0.25) is 0 Å².